The van der Waals surface area contributed by atoms with Crippen molar-refractivity contribution in [1.82, 2.24) is 10.6 Å². The second kappa shape index (κ2) is 10.0. The van der Waals surface area contributed by atoms with E-state index in [1.54, 1.807) is 18.2 Å². The third-order valence-corrected chi connectivity index (χ3v) is 5.97. The fraction of sp³-hybridized carbons (Fsp3) is 0.381. The molecule has 10 heteroatoms. The van der Waals surface area contributed by atoms with Crippen LogP contribution >= 0.6 is 12.4 Å². The van der Waals surface area contributed by atoms with E-state index in [0.717, 1.165) is 17.4 Å². The molecule has 1 unspecified atom stereocenters. The summed E-state index contributed by atoms with van der Waals surface area (Å²) in [5.41, 5.74) is 2.36. The zero-order valence-corrected chi connectivity index (χ0v) is 18.4. The maximum Gasteiger partial charge on any atom is 0.396 e. The van der Waals surface area contributed by atoms with Crippen molar-refractivity contribution in [3.63, 3.8) is 0 Å². The topological polar surface area (TPSA) is 75.3 Å². The molecule has 1 aliphatic rings. The van der Waals surface area contributed by atoms with E-state index in [9.17, 15) is 26.4 Å². The first-order valence-corrected chi connectivity index (χ1v) is 11.5. The zero-order chi connectivity index (χ0) is 21.9. The van der Waals surface area contributed by atoms with Crippen molar-refractivity contribution in [2.45, 2.75) is 31.1 Å². The Morgan fingerprint density at radius 3 is 2.39 bits per heavy atom. The average molecular weight is 477 g/mol. The minimum atomic E-state index is -4.64. The third kappa shape index (κ3) is 6.95. The molecule has 0 spiro atoms. The number of amides is 1. The van der Waals surface area contributed by atoms with Crippen molar-refractivity contribution in [3.05, 3.63) is 70.8 Å². The zero-order valence-electron chi connectivity index (χ0n) is 16.8. The van der Waals surface area contributed by atoms with Crippen LogP contribution in [0, 0.1) is 0 Å². The summed E-state index contributed by atoms with van der Waals surface area (Å²) in [6.07, 6.45) is -3.14. The minimum Gasteiger partial charge on any atom is -0.348 e. The second-order valence-electron chi connectivity index (χ2n) is 7.59. The molecule has 0 bridgehead atoms. The van der Waals surface area contributed by atoms with Crippen LogP contribution in [-0.4, -0.2) is 45.1 Å². The van der Waals surface area contributed by atoms with Crippen molar-refractivity contribution in [2.24, 2.45) is 0 Å². The Morgan fingerprint density at radius 1 is 1.13 bits per heavy atom. The lowest BCUT2D eigenvalue weighted by Gasteiger charge is -2.26. The number of sulfone groups is 1. The molecule has 2 atom stereocenters. The number of hydrogen-bond donors (Lipinski definition) is 2. The molecular formula is C21H24ClF3N2O3S. The van der Waals surface area contributed by atoms with E-state index in [2.05, 4.69) is 10.6 Å². The summed E-state index contributed by atoms with van der Waals surface area (Å²) in [7, 11) is -3.78. The van der Waals surface area contributed by atoms with E-state index < -0.39 is 27.7 Å². The minimum absolute atomic E-state index is 0. The van der Waals surface area contributed by atoms with Gasteiger partial charge >= 0.3 is 6.18 Å². The number of benzene rings is 2. The van der Waals surface area contributed by atoms with Crippen molar-refractivity contribution in [3.8, 4) is 0 Å². The summed E-state index contributed by atoms with van der Waals surface area (Å²) in [6.45, 7) is 0.929. The van der Waals surface area contributed by atoms with E-state index in [4.69, 9.17) is 0 Å². The first kappa shape index (κ1) is 25.2. The van der Waals surface area contributed by atoms with Gasteiger partial charge in [0.05, 0.1) is 11.7 Å². The Labute approximate surface area is 185 Å². The Hall–Kier alpha value is -2.10. The summed E-state index contributed by atoms with van der Waals surface area (Å²) >= 11 is 0. The molecule has 0 aromatic heterocycles. The summed E-state index contributed by atoms with van der Waals surface area (Å²) < 4.78 is 62.6. The van der Waals surface area contributed by atoms with Gasteiger partial charge in [-0.3, -0.25) is 4.79 Å². The number of halogens is 4. The van der Waals surface area contributed by atoms with Crippen molar-refractivity contribution in [1.29, 1.82) is 0 Å². The van der Waals surface area contributed by atoms with Gasteiger partial charge in [0, 0.05) is 31.0 Å². The predicted molar refractivity (Wildman–Crippen MR) is 115 cm³/mol. The summed E-state index contributed by atoms with van der Waals surface area (Å²) in [5, 5.41) is 6.14. The first-order chi connectivity index (χ1) is 14.0. The van der Waals surface area contributed by atoms with Gasteiger partial charge < -0.3 is 10.6 Å². The van der Waals surface area contributed by atoms with Crippen LogP contribution in [0.5, 0.6) is 0 Å². The van der Waals surface area contributed by atoms with Gasteiger partial charge in [-0.05, 0) is 29.2 Å². The number of rotatable bonds is 7. The number of fused-ring (bicyclic) bond motifs is 1. The summed E-state index contributed by atoms with van der Waals surface area (Å²) in [4.78, 5) is 12.1. The number of carbonyl (C=O) groups is 1. The van der Waals surface area contributed by atoms with Gasteiger partial charge in [0.15, 0.2) is 0 Å². The third-order valence-electron chi connectivity index (χ3n) is 5.03. The van der Waals surface area contributed by atoms with E-state index in [-0.39, 0.29) is 29.9 Å². The Balaban J connectivity index is 0.00000341. The van der Waals surface area contributed by atoms with E-state index in [1.165, 1.54) is 12.1 Å². The SMILES string of the molecule is CS(=O)(=O)C[C@@H](c1ccc(CNCC2Cc3ccccc3C(=O)N2)cc1)C(F)(F)F.Cl. The number of alkyl halides is 3. The van der Waals surface area contributed by atoms with Crippen LogP contribution < -0.4 is 10.6 Å². The fourth-order valence-electron chi connectivity index (χ4n) is 3.56. The van der Waals surface area contributed by atoms with Crippen LogP contribution in [-0.2, 0) is 22.8 Å². The molecule has 1 aliphatic heterocycles. The quantitative estimate of drug-likeness (QED) is 0.643. The molecular weight excluding hydrogens is 453 g/mol. The molecule has 31 heavy (non-hydrogen) atoms. The molecule has 0 saturated heterocycles. The summed E-state index contributed by atoms with van der Waals surface area (Å²) in [5.74, 6) is -3.14. The Bertz CT molecular complexity index is 1010. The highest BCUT2D eigenvalue weighted by atomic mass is 35.5. The monoisotopic (exact) mass is 476 g/mol. The largest absolute Gasteiger partial charge is 0.396 e. The van der Waals surface area contributed by atoms with Gasteiger partial charge in [0.25, 0.3) is 5.91 Å². The van der Waals surface area contributed by atoms with Gasteiger partial charge in [-0.2, -0.15) is 13.2 Å². The van der Waals surface area contributed by atoms with Crippen LogP contribution in [0.3, 0.4) is 0 Å². The molecule has 1 heterocycles. The molecule has 3 rings (SSSR count). The lowest BCUT2D eigenvalue weighted by atomic mass is 9.95. The standard InChI is InChI=1S/C21H23F3N2O3S.ClH/c1-30(28,29)13-19(21(22,23)24)15-8-6-14(7-9-15)11-25-12-17-10-16-4-2-3-5-18(16)20(27)26-17;/h2-9,17,19,25H,10-13H2,1H3,(H,26,27);1H/t17?,19-;/m0./s1. The summed E-state index contributed by atoms with van der Waals surface area (Å²) in [6, 6.07) is 13.1. The highest BCUT2D eigenvalue weighted by Gasteiger charge is 2.42. The molecule has 0 saturated carbocycles. The Kier molecular flexibility index (Phi) is 8.13. The fourth-order valence-corrected chi connectivity index (χ4v) is 4.55. The lowest BCUT2D eigenvalue weighted by molar-refractivity contribution is -0.145. The second-order valence-corrected chi connectivity index (χ2v) is 9.78. The van der Waals surface area contributed by atoms with E-state index in [0.29, 0.717) is 25.1 Å². The van der Waals surface area contributed by atoms with Crippen molar-refractivity contribution < 1.29 is 26.4 Å². The predicted octanol–water partition coefficient (Wildman–Crippen LogP) is 3.24. The maximum absolute atomic E-state index is 13.3. The van der Waals surface area contributed by atoms with E-state index >= 15 is 0 Å². The number of carbonyl (C=O) groups excluding carboxylic acids is 1. The Morgan fingerprint density at radius 2 is 1.77 bits per heavy atom. The lowest BCUT2D eigenvalue weighted by Crippen LogP contribution is -2.46. The molecule has 2 aromatic carbocycles. The smallest absolute Gasteiger partial charge is 0.348 e. The van der Waals surface area contributed by atoms with E-state index in [1.807, 2.05) is 18.2 Å². The maximum atomic E-state index is 13.3. The number of nitrogens with one attached hydrogen (secondary N) is 2. The van der Waals surface area contributed by atoms with Gasteiger partial charge in [0.1, 0.15) is 9.84 Å². The van der Waals surface area contributed by atoms with Gasteiger partial charge in [-0.15, -0.1) is 12.4 Å². The molecule has 170 valence electrons. The molecule has 2 aromatic rings. The van der Waals surface area contributed by atoms with Crippen LogP contribution in [0.1, 0.15) is 33.0 Å². The van der Waals surface area contributed by atoms with Crippen molar-refractivity contribution in [2.75, 3.05) is 18.6 Å². The van der Waals surface area contributed by atoms with Gasteiger partial charge in [-0.1, -0.05) is 42.5 Å². The molecule has 2 N–H and O–H groups in total. The van der Waals surface area contributed by atoms with Crippen molar-refractivity contribution >= 4 is 28.2 Å². The normalized spacial score (nSPS) is 17.3. The van der Waals surface area contributed by atoms with Crippen LogP contribution in [0.15, 0.2) is 48.5 Å². The average Bonchev–Trinajstić information content (AvgIpc) is 2.65. The molecule has 0 aliphatic carbocycles. The van der Waals surface area contributed by atoms with Crippen LogP contribution in [0.25, 0.3) is 0 Å². The molecule has 0 fully saturated rings. The first-order valence-electron chi connectivity index (χ1n) is 9.46. The van der Waals surface area contributed by atoms with Crippen LogP contribution in [0.2, 0.25) is 0 Å². The molecule has 1 amide bonds. The van der Waals surface area contributed by atoms with Crippen LogP contribution in [0.4, 0.5) is 13.2 Å². The highest BCUT2D eigenvalue weighted by Crippen LogP contribution is 2.35. The molecule has 5 nitrogen and oxygen atoms in total. The van der Waals surface area contributed by atoms with Gasteiger partial charge in [-0.25, -0.2) is 8.42 Å². The highest BCUT2D eigenvalue weighted by molar-refractivity contribution is 7.90. The van der Waals surface area contributed by atoms with Gasteiger partial charge in [0.2, 0.25) is 0 Å². The number of hydrogen-bond acceptors (Lipinski definition) is 4. The molecule has 0 radical (unpaired) electrons.